The van der Waals surface area contributed by atoms with Crippen molar-refractivity contribution in [3.05, 3.63) is 34.9 Å². The van der Waals surface area contributed by atoms with Crippen molar-refractivity contribution in [1.29, 1.82) is 0 Å². The van der Waals surface area contributed by atoms with E-state index in [2.05, 4.69) is 10.6 Å². The third-order valence-corrected chi connectivity index (χ3v) is 5.48. The first-order valence-corrected chi connectivity index (χ1v) is 11.9. The highest BCUT2D eigenvalue weighted by atomic mass is 16.6. The van der Waals surface area contributed by atoms with Gasteiger partial charge in [-0.25, -0.2) is 4.79 Å². The minimum atomic E-state index is -1.23. The normalized spacial score (nSPS) is 16.1. The van der Waals surface area contributed by atoms with Crippen molar-refractivity contribution in [1.82, 2.24) is 15.5 Å². The van der Waals surface area contributed by atoms with E-state index in [1.807, 2.05) is 52.8 Å². The van der Waals surface area contributed by atoms with Crippen LogP contribution in [-0.4, -0.2) is 57.7 Å². The second-order valence-electron chi connectivity index (χ2n) is 11.3. The number of ether oxygens (including phenoxy) is 1. The standard InChI is InChI=1S/C26H41N3O5/c1-16-12-17(2)14-18(13-16)21(22(31)28-25(3,4)5)29(19-10-9-11-19)23(32)20(15-30)27-24(33)34-26(6,7)8/h12-14,19-21,30H,9-11,15H2,1-8H3,(H,27,33)(H,28,31). The molecule has 0 saturated heterocycles. The van der Waals surface area contributed by atoms with Crippen molar-refractivity contribution >= 4 is 17.9 Å². The summed E-state index contributed by atoms with van der Waals surface area (Å²) in [4.78, 5) is 41.3. The molecule has 2 rings (SSSR count). The van der Waals surface area contributed by atoms with Crippen LogP contribution in [0.5, 0.6) is 0 Å². The summed E-state index contributed by atoms with van der Waals surface area (Å²) < 4.78 is 5.28. The maximum Gasteiger partial charge on any atom is 0.408 e. The Hall–Kier alpha value is -2.61. The van der Waals surface area contributed by atoms with Crippen molar-refractivity contribution in [2.24, 2.45) is 0 Å². The summed E-state index contributed by atoms with van der Waals surface area (Å²) >= 11 is 0. The molecule has 1 aromatic rings. The lowest BCUT2D eigenvalue weighted by molar-refractivity contribution is -0.148. The van der Waals surface area contributed by atoms with Gasteiger partial charge in [0.05, 0.1) is 6.61 Å². The molecule has 0 radical (unpaired) electrons. The van der Waals surface area contributed by atoms with Gasteiger partial charge in [0.15, 0.2) is 0 Å². The Morgan fingerprint density at radius 3 is 2.03 bits per heavy atom. The summed E-state index contributed by atoms with van der Waals surface area (Å²) in [5, 5.41) is 15.5. The lowest BCUT2D eigenvalue weighted by Gasteiger charge is -2.44. The van der Waals surface area contributed by atoms with Crippen LogP contribution in [0.1, 0.15) is 83.5 Å². The molecule has 8 heteroatoms. The summed E-state index contributed by atoms with van der Waals surface area (Å²) in [6.07, 6.45) is 1.65. The average Bonchev–Trinajstić information content (AvgIpc) is 2.59. The Balaban J connectivity index is 2.49. The van der Waals surface area contributed by atoms with E-state index < -0.39 is 41.8 Å². The van der Waals surface area contributed by atoms with Gasteiger partial charge < -0.3 is 25.4 Å². The number of aliphatic hydroxyl groups is 1. The molecule has 1 fully saturated rings. The second-order valence-corrected chi connectivity index (χ2v) is 11.3. The van der Waals surface area contributed by atoms with Crippen LogP contribution in [0, 0.1) is 13.8 Å². The first-order valence-electron chi connectivity index (χ1n) is 11.9. The fraction of sp³-hybridized carbons (Fsp3) is 0.654. The number of hydrogen-bond donors (Lipinski definition) is 3. The Morgan fingerprint density at radius 1 is 1.06 bits per heavy atom. The van der Waals surface area contributed by atoms with Crippen LogP contribution in [0.15, 0.2) is 18.2 Å². The monoisotopic (exact) mass is 475 g/mol. The van der Waals surface area contributed by atoms with Crippen LogP contribution < -0.4 is 10.6 Å². The van der Waals surface area contributed by atoms with Crippen LogP contribution in [-0.2, 0) is 14.3 Å². The first kappa shape index (κ1) is 27.6. The summed E-state index contributed by atoms with van der Waals surface area (Å²) in [5.41, 5.74) is 1.40. The van der Waals surface area contributed by atoms with E-state index >= 15 is 0 Å². The van der Waals surface area contributed by atoms with Gasteiger partial charge in [0.2, 0.25) is 11.8 Å². The summed E-state index contributed by atoms with van der Waals surface area (Å²) in [5.74, 6) is -0.807. The molecular formula is C26H41N3O5. The predicted octanol–water partition coefficient (Wildman–Crippen LogP) is 3.53. The van der Waals surface area contributed by atoms with Crippen LogP contribution in [0.25, 0.3) is 0 Å². The topological polar surface area (TPSA) is 108 Å². The molecule has 0 spiro atoms. The highest BCUT2D eigenvalue weighted by Gasteiger charge is 2.42. The zero-order chi connectivity index (χ0) is 25.8. The number of benzene rings is 1. The number of aryl methyl sites for hydroxylation is 2. The van der Waals surface area contributed by atoms with Gasteiger partial charge >= 0.3 is 6.09 Å². The number of hydrogen-bond acceptors (Lipinski definition) is 5. The Kier molecular flexibility index (Phi) is 8.75. The molecular weight excluding hydrogens is 434 g/mol. The predicted molar refractivity (Wildman–Crippen MR) is 131 cm³/mol. The van der Waals surface area contributed by atoms with E-state index in [9.17, 15) is 19.5 Å². The van der Waals surface area contributed by atoms with Gasteiger partial charge in [-0.1, -0.05) is 29.3 Å². The molecule has 1 aliphatic rings. The minimum Gasteiger partial charge on any atom is -0.444 e. The van der Waals surface area contributed by atoms with Crippen LogP contribution in [0.3, 0.4) is 0 Å². The van der Waals surface area contributed by atoms with Crippen LogP contribution >= 0.6 is 0 Å². The molecule has 2 atom stereocenters. The molecule has 2 unspecified atom stereocenters. The van der Waals surface area contributed by atoms with Gasteiger partial charge in [-0.05, 0) is 80.2 Å². The molecule has 0 heterocycles. The molecule has 3 N–H and O–H groups in total. The average molecular weight is 476 g/mol. The number of rotatable bonds is 7. The largest absolute Gasteiger partial charge is 0.444 e. The maximum absolute atomic E-state index is 13.8. The molecule has 34 heavy (non-hydrogen) atoms. The molecule has 0 bridgehead atoms. The lowest BCUT2D eigenvalue weighted by Crippen LogP contribution is -2.59. The molecule has 1 aliphatic carbocycles. The van der Waals surface area contributed by atoms with Gasteiger partial charge in [0.25, 0.3) is 0 Å². The zero-order valence-corrected chi connectivity index (χ0v) is 21.8. The molecule has 0 aromatic heterocycles. The fourth-order valence-electron chi connectivity index (χ4n) is 4.04. The van der Waals surface area contributed by atoms with E-state index in [0.29, 0.717) is 5.56 Å². The van der Waals surface area contributed by atoms with E-state index in [4.69, 9.17) is 4.74 Å². The van der Waals surface area contributed by atoms with E-state index in [0.717, 1.165) is 30.4 Å². The van der Waals surface area contributed by atoms with Crippen molar-refractivity contribution in [3.63, 3.8) is 0 Å². The van der Waals surface area contributed by atoms with Crippen molar-refractivity contribution < 1.29 is 24.2 Å². The molecule has 1 aromatic carbocycles. The zero-order valence-electron chi connectivity index (χ0n) is 21.8. The number of amides is 3. The highest BCUT2D eigenvalue weighted by Crippen LogP contribution is 2.34. The first-order chi connectivity index (χ1) is 15.6. The van der Waals surface area contributed by atoms with Crippen molar-refractivity contribution in [3.8, 4) is 0 Å². The van der Waals surface area contributed by atoms with E-state index in [-0.39, 0.29) is 11.9 Å². The van der Waals surface area contributed by atoms with Crippen molar-refractivity contribution in [2.45, 2.75) is 104 Å². The second kappa shape index (κ2) is 10.8. The third-order valence-electron chi connectivity index (χ3n) is 5.48. The van der Waals surface area contributed by atoms with Gasteiger partial charge in [-0.3, -0.25) is 9.59 Å². The number of nitrogens with one attached hydrogen (secondary N) is 2. The van der Waals surface area contributed by atoms with Gasteiger partial charge in [0.1, 0.15) is 17.7 Å². The van der Waals surface area contributed by atoms with E-state index in [1.54, 1.807) is 25.7 Å². The molecule has 190 valence electrons. The van der Waals surface area contributed by atoms with Gasteiger partial charge in [0, 0.05) is 11.6 Å². The van der Waals surface area contributed by atoms with Gasteiger partial charge in [-0.15, -0.1) is 0 Å². The summed E-state index contributed by atoms with van der Waals surface area (Å²) in [6.45, 7) is 14.1. The Labute approximate surface area is 203 Å². The smallest absolute Gasteiger partial charge is 0.408 e. The molecule has 8 nitrogen and oxygen atoms in total. The molecule has 0 aliphatic heterocycles. The number of carbonyl (C=O) groups is 3. The van der Waals surface area contributed by atoms with Crippen molar-refractivity contribution in [2.75, 3.05) is 6.61 Å². The SMILES string of the molecule is Cc1cc(C)cc(C(C(=O)NC(C)(C)C)N(C(=O)C(CO)NC(=O)OC(C)(C)C)C2CCC2)c1. The quantitative estimate of drug-likeness (QED) is 0.559. The highest BCUT2D eigenvalue weighted by molar-refractivity contribution is 5.92. The third kappa shape index (κ3) is 7.72. The maximum atomic E-state index is 13.8. The Bertz CT molecular complexity index is 876. The summed E-state index contributed by atoms with van der Waals surface area (Å²) in [7, 11) is 0. The molecule has 1 saturated carbocycles. The Morgan fingerprint density at radius 2 is 1.62 bits per heavy atom. The number of alkyl carbamates (subject to hydrolysis) is 1. The minimum absolute atomic E-state index is 0.168. The summed E-state index contributed by atoms with van der Waals surface area (Å²) in [6, 6.07) is 3.54. The molecule has 3 amide bonds. The number of nitrogens with zero attached hydrogens (tertiary/aromatic N) is 1. The van der Waals surface area contributed by atoms with Crippen LogP contribution in [0.2, 0.25) is 0 Å². The lowest BCUT2D eigenvalue weighted by atomic mass is 9.87. The number of aliphatic hydroxyl groups excluding tert-OH is 1. The number of carbonyl (C=O) groups excluding carboxylic acids is 3. The van der Waals surface area contributed by atoms with Crippen LogP contribution in [0.4, 0.5) is 4.79 Å². The van der Waals surface area contributed by atoms with Gasteiger partial charge in [-0.2, -0.15) is 0 Å². The van der Waals surface area contributed by atoms with E-state index in [1.165, 1.54) is 0 Å². The fourth-order valence-corrected chi connectivity index (χ4v) is 4.04.